The Hall–Kier alpha value is -3.36. The largest absolute Gasteiger partial charge is 0.497 e. The third kappa shape index (κ3) is 4.00. The number of aromatic amines is 1. The Morgan fingerprint density at radius 1 is 1.19 bits per heavy atom. The van der Waals surface area contributed by atoms with E-state index in [1.54, 1.807) is 12.1 Å². The maximum Gasteiger partial charge on any atom is 0.338 e. The number of hydrogen-bond donors (Lipinski definition) is 2. The number of hydrogen-bond acceptors (Lipinski definition) is 7. The summed E-state index contributed by atoms with van der Waals surface area (Å²) in [4.78, 5) is 50.0. The Balaban J connectivity index is 2.17. The van der Waals surface area contributed by atoms with Crippen LogP contribution in [-0.4, -0.2) is 35.0 Å². The molecule has 0 atom stereocenters. The summed E-state index contributed by atoms with van der Waals surface area (Å²) in [5, 5.41) is 0. The SMILES string of the molecule is CCCn1c(N)c(C(=O)COC(=O)c2ccc(OC)cc2)c(=O)[nH]c1=O. The van der Waals surface area contributed by atoms with E-state index < -0.39 is 35.2 Å². The fraction of sp³-hybridized carbons (Fsp3) is 0.294. The van der Waals surface area contributed by atoms with Crippen molar-refractivity contribution in [1.82, 2.24) is 9.55 Å². The molecule has 1 aromatic carbocycles. The van der Waals surface area contributed by atoms with Crippen LogP contribution in [0.5, 0.6) is 5.75 Å². The first-order valence-corrected chi connectivity index (χ1v) is 7.86. The Labute approximate surface area is 148 Å². The zero-order chi connectivity index (χ0) is 19.3. The van der Waals surface area contributed by atoms with Gasteiger partial charge in [-0.3, -0.25) is 19.1 Å². The van der Waals surface area contributed by atoms with Crippen molar-refractivity contribution in [3.8, 4) is 5.75 Å². The molecule has 0 saturated carbocycles. The standard InChI is InChI=1S/C17H19N3O6/c1-3-8-20-14(18)13(15(22)19-17(20)24)12(21)9-26-16(23)10-4-6-11(25-2)7-5-10/h4-7H,3,8-9,18H2,1-2H3,(H,19,22,24). The van der Waals surface area contributed by atoms with Crippen LogP contribution in [0.1, 0.15) is 34.1 Å². The molecule has 0 aliphatic carbocycles. The summed E-state index contributed by atoms with van der Waals surface area (Å²) in [6.07, 6.45) is 0.580. The van der Waals surface area contributed by atoms with E-state index in [0.717, 1.165) is 4.57 Å². The molecule has 0 fully saturated rings. The summed E-state index contributed by atoms with van der Waals surface area (Å²) in [6, 6.07) is 6.10. The molecule has 9 nitrogen and oxygen atoms in total. The molecule has 1 aromatic heterocycles. The van der Waals surface area contributed by atoms with Crippen molar-refractivity contribution >= 4 is 17.6 Å². The van der Waals surface area contributed by atoms with E-state index in [1.807, 2.05) is 11.9 Å². The third-order valence-electron chi connectivity index (χ3n) is 3.63. The molecule has 3 N–H and O–H groups in total. The molecular weight excluding hydrogens is 342 g/mol. The first-order valence-electron chi connectivity index (χ1n) is 7.86. The van der Waals surface area contributed by atoms with Crippen molar-refractivity contribution in [1.29, 1.82) is 0 Å². The summed E-state index contributed by atoms with van der Waals surface area (Å²) >= 11 is 0. The van der Waals surface area contributed by atoms with Crippen LogP contribution in [0.2, 0.25) is 0 Å². The van der Waals surface area contributed by atoms with Crippen LogP contribution >= 0.6 is 0 Å². The molecule has 2 rings (SSSR count). The van der Waals surface area contributed by atoms with Crippen LogP contribution in [0.3, 0.4) is 0 Å². The molecule has 9 heteroatoms. The number of anilines is 1. The lowest BCUT2D eigenvalue weighted by Crippen LogP contribution is -2.37. The molecule has 0 amide bonds. The number of Topliss-reactive ketones (excluding diaryl/α,β-unsaturated/α-hetero) is 1. The van der Waals surface area contributed by atoms with Gasteiger partial charge >= 0.3 is 11.7 Å². The fourth-order valence-corrected chi connectivity index (χ4v) is 2.32. The van der Waals surface area contributed by atoms with Crippen LogP contribution < -0.4 is 21.7 Å². The molecule has 0 radical (unpaired) electrons. The van der Waals surface area contributed by atoms with Gasteiger partial charge in [-0.05, 0) is 30.7 Å². The maximum atomic E-state index is 12.3. The Morgan fingerprint density at radius 2 is 1.85 bits per heavy atom. The minimum Gasteiger partial charge on any atom is -0.497 e. The molecule has 0 unspecified atom stereocenters. The predicted octanol–water partition coefficient (Wildman–Crippen LogP) is 0.577. The highest BCUT2D eigenvalue weighted by molar-refractivity contribution is 6.02. The molecule has 26 heavy (non-hydrogen) atoms. The van der Waals surface area contributed by atoms with Crippen molar-refractivity contribution in [3.63, 3.8) is 0 Å². The smallest absolute Gasteiger partial charge is 0.338 e. The second kappa shape index (κ2) is 8.15. The van der Waals surface area contributed by atoms with Crippen molar-refractivity contribution in [2.24, 2.45) is 0 Å². The number of esters is 1. The number of nitrogens with two attached hydrogens (primary N) is 1. The van der Waals surface area contributed by atoms with E-state index in [9.17, 15) is 19.2 Å². The number of H-pyrrole nitrogens is 1. The molecular formula is C17H19N3O6. The highest BCUT2D eigenvalue weighted by Gasteiger charge is 2.20. The van der Waals surface area contributed by atoms with E-state index in [-0.39, 0.29) is 17.9 Å². The van der Waals surface area contributed by atoms with Gasteiger partial charge < -0.3 is 15.2 Å². The molecule has 2 aromatic rings. The summed E-state index contributed by atoms with van der Waals surface area (Å²) in [5.74, 6) is -1.21. The first kappa shape index (κ1) is 19.0. The minimum absolute atomic E-state index is 0.219. The van der Waals surface area contributed by atoms with Gasteiger partial charge in [-0.15, -0.1) is 0 Å². The average Bonchev–Trinajstić information content (AvgIpc) is 2.63. The first-order chi connectivity index (χ1) is 12.4. The lowest BCUT2D eigenvalue weighted by molar-refractivity contribution is 0.0474. The van der Waals surface area contributed by atoms with Gasteiger partial charge in [-0.25, -0.2) is 9.59 Å². The number of carbonyl (C=O) groups excluding carboxylic acids is 2. The van der Waals surface area contributed by atoms with E-state index >= 15 is 0 Å². The van der Waals surface area contributed by atoms with Gasteiger partial charge in [0, 0.05) is 6.54 Å². The minimum atomic E-state index is -0.912. The van der Waals surface area contributed by atoms with E-state index in [2.05, 4.69) is 0 Å². The van der Waals surface area contributed by atoms with Gasteiger partial charge in [0.15, 0.2) is 6.61 Å². The second-order valence-corrected chi connectivity index (χ2v) is 5.40. The lowest BCUT2D eigenvalue weighted by Gasteiger charge is -2.11. The Bertz CT molecular complexity index is 927. The number of ketones is 1. The normalized spacial score (nSPS) is 10.4. The third-order valence-corrected chi connectivity index (χ3v) is 3.63. The van der Waals surface area contributed by atoms with Gasteiger partial charge in [0.1, 0.15) is 17.1 Å². The number of rotatable bonds is 7. The number of benzene rings is 1. The van der Waals surface area contributed by atoms with E-state index in [1.165, 1.54) is 19.2 Å². The average molecular weight is 361 g/mol. The fourth-order valence-electron chi connectivity index (χ4n) is 2.32. The van der Waals surface area contributed by atoms with Crippen molar-refractivity contribution < 1.29 is 19.1 Å². The maximum absolute atomic E-state index is 12.3. The van der Waals surface area contributed by atoms with Gasteiger partial charge in [0.2, 0.25) is 5.78 Å². The topological polar surface area (TPSA) is 133 Å². The van der Waals surface area contributed by atoms with Crippen LogP contribution in [0, 0.1) is 0 Å². The van der Waals surface area contributed by atoms with Gasteiger partial charge in [-0.1, -0.05) is 6.92 Å². The van der Waals surface area contributed by atoms with Crippen molar-refractivity contribution in [2.45, 2.75) is 19.9 Å². The van der Waals surface area contributed by atoms with Gasteiger partial charge in [0.05, 0.1) is 12.7 Å². The Morgan fingerprint density at radius 3 is 2.42 bits per heavy atom. The summed E-state index contributed by atoms with van der Waals surface area (Å²) < 4.78 is 11.0. The Kier molecular flexibility index (Phi) is 5.94. The van der Waals surface area contributed by atoms with Crippen molar-refractivity contribution in [3.05, 3.63) is 56.2 Å². The number of nitrogen functional groups attached to an aromatic ring is 1. The van der Waals surface area contributed by atoms with Gasteiger partial charge in [-0.2, -0.15) is 0 Å². The van der Waals surface area contributed by atoms with Gasteiger partial charge in [0.25, 0.3) is 5.56 Å². The highest BCUT2D eigenvalue weighted by Crippen LogP contribution is 2.12. The van der Waals surface area contributed by atoms with Crippen LogP contribution in [0.15, 0.2) is 33.9 Å². The molecule has 0 saturated heterocycles. The van der Waals surface area contributed by atoms with Crippen LogP contribution in [0.4, 0.5) is 5.82 Å². The molecule has 1 heterocycles. The monoisotopic (exact) mass is 361 g/mol. The van der Waals surface area contributed by atoms with Crippen LogP contribution in [0.25, 0.3) is 0 Å². The highest BCUT2D eigenvalue weighted by atomic mass is 16.5. The quantitative estimate of drug-likeness (QED) is 0.544. The van der Waals surface area contributed by atoms with E-state index in [0.29, 0.717) is 12.2 Å². The lowest BCUT2D eigenvalue weighted by atomic mass is 10.2. The van der Waals surface area contributed by atoms with E-state index in [4.69, 9.17) is 15.2 Å². The number of nitrogens with one attached hydrogen (secondary N) is 1. The number of ether oxygens (including phenoxy) is 2. The number of nitrogens with zero attached hydrogens (tertiary/aromatic N) is 1. The number of aromatic nitrogens is 2. The molecule has 0 aliphatic rings. The van der Waals surface area contributed by atoms with Crippen molar-refractivity contribution in [2.75, 3.05) is 19.5 Å². The van der Waals surface area contributed by atoms with Crippen LogP contribution in [-0.2, 0) is 11.3 Å². The predicted molar refractivity (Wildman–Crippen MR) is 93.6 cm³/mol. The summed E-state index contributed by atoms with van der Waals surface area (Å²) in [6.45, 7) is 1.38. The summed E-state index contributed by atoms with van der Waals surface area (Å²) in [5.41, 5.74) is 4.00. The molecule has 0 bridgehead atoms. The molecule has 138 valence electrons. The number of methoxy groups -OCH3 is 1. The second-order valence-electron chi connectivity index (χ2n) is 5.40. The zero-order valence-corrected chi connectivity index (χ0v) is 14.4. The zero-order valence-electron chi connectivity index (χ0n) is 14.4. The number of carbonyl (C=O) groups is 2. The summed E-state index contributed by atoms with van der Waals surface area (Å²) in [7, 11) is 1.49. The molecule has 0 aliphatic heterocycles. The molecule has 0 spiro atoms.